The number of carbonyl (C=O) groups excluding carboxylic acids is 1. The molecule has 1 atom stereocenters. The predicted octanol–water partition coefficient (Wildman–Crippen LogP) is 2.81. The Kier molecular flexibility index (Phi) is 6.34. The lowest BCUT2D eigenvalue weighted by atomic mass is 10.2. The fourth-order valence-electron chi connectivity index (χ4n) is 3.10. The molecule has 0 radical (unpaired) electrons. The lowest BCUT2D eigenvalue weighted by molar-refractivity contribution is -0.121. The van der Waals surface area contributed by atoms with Gasteiger partial charge in [-0.25, -0.2) is 12.8 Å². The van der Waals surface area contributed by atoms with Crippen LogP contribution in [0.15, 0.2) is 53.4 Å². The number of nitrogens with one attached hydrogen (secondary N) is 1. The Morgan fingerprint density at radius 2 is 1.79 bits per heavy atom. The van der Waals surface area contributed by atoms with Crippen LogP contribution in [0.5, 0.6) is 0 Å². The molecule has 0 aliphatic carbocycles. The molecule has 1 saturated heterocycles. The van der Waals surface area contributed by atoms with Crippen LogP contribution >= 0.6 is 11.6 Å². The van der Waals surface area contributed by atoms with Gasteiger partial charge in [0.1, 0.15) is 10.7 Å². The highest BCUT2D eigenvalue weighted by atomic mass is 35.5. The highest BCUT2D eigenvalue weighted by Crippen LogP contribution is 2.25. The molecule has 1 N–H and O–H groups in total. The standard InChI is InChI=1S/C19H21ClFN3O3S/c1-14(19(25)22-16-6-4-5-15(21)13-16)23-9-11-24(12-10-23)28(26,27)18-8-3-2-7-17(18)20/h2-8,13-14H,9-12H2,1H3,(H,22,25). The van der Waals surface area contributed by atoms with E-state index in [4.69, 9.17) is 11.6 Å². The maximum Gasteiger partial charge on any atom is 0.244 e. The molecule has 28 heavy (non-hydrogen) atoms. The van der Waals surface area contributed by atoms with Gasteiger partial charge in [0.25, 0.3) is 0 Å². The minimum Gasteiger partial charge on any atom is -0.325 e. The number of sulfonamides is 1. The van der Waals surface area contributed by atoms with E-state index in [9.17, 15) is 17.6 Å². The van der Waals surface area contributed by atoms with Crippen molar-refractivity contribution in [1.82, 2.24) is 9.21 Å². The van der Waals surface area contributed by atoms with Crippen molar-refractivity contribution >= 4 is 33.2 Å². The normalized spacial score (nSPS) is 17.2. The molecule has 1 heterocycles. The zero-order valence-electron chi connectivity index (χ0n) is 15.3. The number of anilines is 1. The van der Waals surface area contributed by atoms with Crippen LogP contribution in [0.2, 0.25) is 5.02 Å². The molecule has 0 aromatic heterocycles. The number of nitrogens with zero attached hydrogens (tertiary/aromatic N) is 2. The Balaban J connectivity index is 1.61. The van der Waals surface area contributed by atoms with Crippen LogP contribution in [0, 0.1) is 5.82 Å². The molecule has 1 aliphatic heterocycles. The zero-order chi connectivity index (χ0) is 20.3. The van der Waals surface area contributed by atoms with E-state index in [0.29, 0.717) is 18.8 Å². The van der Waals surface area contributed by atoms with Crippen molar-refractivity contribution in [3.05, 3.63) is 59.4 Å². The Morgan fingerprint density at radius 1 is 1.11 bits per heavy atom. The number of benzene rings is 2. The second-order valence-corrected chi connectivity index (χ2v) is 8.86. The van der Waals surface area contributed by atoms with Gasteiger partial charge in [-0.15, -0.1) is 0 Å². The summed E-state index contributed by atoms with van der Waals surface area (Å²) >= 11 is 6.04. The first-order valence-corrected chi connectivity index (χ1v) is 10.7. The highest BCUT2D eigenvalue weighted by Gasteiger charge is 2.32. The summed E-state index contributed by atoms with van der Waals surface area (Å²) in [6.45, 7) is 3.06. The smallest absolute Gasteiger partial charge is 0.244 e. The molecule has 2 aromatic rings. The monoisotopic (exact) mass is 425 g/mol. The molecule has 2 aromatic carbocycles. The molecule has 9 heteroatoms. The van der Waals surface area contributed by atoms with Crippen LogP contribution in [0.4, 0.5) is 10.1 Å². The van der Waals surface area contributed by atoms with Crippen LogP contribution < -0.4 is 5.32 Å². The summed E-state index contributed by atoms with van der Waals surface area (Å²) in [5.41, 5.74) is 0.386. The van der Waals surface area contributed by atoms with E-state index in [0.717, 1.165) is 0 Å². The molecule has 150 valence electrons. The topological polar surface area (TPSA) is 69.7 Å². The molecule has 3 rings (SSSR count). The quantitative estimate of drug-likeness (QED) is 0.799. The third-order valence-corrected chi connectivity index (χ3v) is 7.15. The Labute approximate surface area is 168 Å². The Morgan fingerprint density at radius 3 is 2.43 bits per heavy atom. The predicted molar refractivity (Wildman–Crippen MR) is 106 cm³/mol. The van der Waals surface area contributed by atoms with Crippen molar-refractivity contribution in [2.75, 3.05) is 31.5 Å². The molecule has 1 fully saturated rings. The molecule has 1 aliphatic rings. The van der Waals surface area contributed by atoms with E-state index in [1.165, 1.54) is 28.6 Å². The van der Waals surface area contributed by atoms with Crippen LogP contribution in [-0.4, -0.2) is 55.8 Å². The van der Waals surface area contributed by atoms with E-state index < -0.39 is 21.9 Å². The first-order chi connectivity index (χ1) is 13.3. The average molecular weight is 426 g/mol. The first-order valence-electron chi connectivity index (χ1n) is 8.84. The van der Waals surface area contributed by atoms with Crippen molar-refractivity contribution in [3.8, 4) is 0 Å². The number of piperazine rings is 1. The Bertz CT molecular complexity index is 962. The maximum absolute atomic E-state index is 13.3. The van der Waals surface area contributed by atoms with Gasteiger partial charge in [-0.1, -0.05) is 29.8 Å². The molecular weight excluding hydrogens is 405 g/mol. The maximum atomic E-state index is 13.3. The third kappa shape index (κ3) is 4.52. The number of hydrogen-bond acceptors (Lipinski definition) is 4. The van der Waals surface area contributed by atoms with Crippen molar-refractivity contribution in [1.29, 1.82) is 0 Å². The number of halogens is 2. The average Bonchev–Trinajstić information content (AvgIpc) is 2.67. The van der Waals surface area contributed by atoms with E-state index in [-0.39, 0.29) is 28.9 Å². The number of rotatable bonds is 5. The molecule has 1 unspecified atom stereocenters. The molecular formula is C19H21ClFN3O3S. The van der Waals surface area contributed by atoms with Gasteiger partial charge < -0.3 is 5.32 Å². The van der Waals surface area contributed by atoms with Crippen molar-refractivity contribution < 1.29 is 17.6 Å². The number of amides is 1. The lowest BCUT2D eigenvalue weighted by Gasteiger charge is -2.36. The summed E-state index contributed by atoms with van der Waals surface area (Å²) < 4.78 is 40.2. The molecule has 0 saturated carbocycles. The summed E-state index contributed by atoms with van der Waals surface area (Å²) in [7, 11) is -3.68. The summed E-state index contributed by atoms with van der Waals surface area (Å²) in [4.78, 5) is 14.4. The second kappa shape index (κ2) is 8.57. The number of carbonyl (C=O) groups is 1. The van der Waals surface area contributed by atoms with Gasteiger partial charge >= 0.3 is 0 Å². The summed E-state index contributed by atoms with van der Waals surface area (Å²) in [5, 5.41) is 2.87. The SMILES string of the molecule is CC(C(=O)Nc1cccc(F)c1)N1CCN(S(=O)(=O)c2ccccc2Cl)CC1. The van der Waals surface area contributed by atoms with Crippen LogP contribution in [-0.2, 0) is 14.8 Å². The van der Waals surface area contributed by atoms with Gasteiger partial charge in [0.05, 0.1) is 11.1 Å². The van der Waals surface area contributed by atoms with Crippen LogP contribution in [0.25, 0.3) is 0 Å². The van der Waals surface area contributed by atoms with E-state index in [1.54, 1.807) is 31.2 Å². The minimum atomic E-state index is -3.68. The van der Waals surface area contributed by atoms with Gasteiger partial charge in [-0.3, -0.25) is 9.69 Å². The van der Waals surface area contributed by atoms with Gasteiger partial charge in [0, 0.05) is 31.9 Å². The highest BCUT2D eigenvalue weighted by molar-refractivity contribution is 7.89. The lowest BCUT2D eigenvalue weighted by Crippen LogP contribution is -2.53. The zero-order valence-corrected chi connectivity index (χ0v) is 16.9. The van der Waals surface area contributed by atoms with Crippen molar-refractivity contribution in [2.24, 2.45) is 0 Å². The largest absolute Gasteiger partial charge is 0.325 e. The second-order valence-electron chi connectivity index (χ2n) is 6.55. The van der Waals surface area contributed by atoms with E-state index >= 15 is 0 Å². The van der Waals surface area contributed by atoms with E-state index in [2.05, 4.69) is 5.32 Å². The summed E-state index contributed by atoms with van der Waals surface area (Å²) in [6.07, 6.45) is 0. The Hall–Kier alpha value is -2.00. The van der Waals surface area contributed by atoms with Gasteiger partial charge in [0.2, 0.25) is 15.9 Å². The third-order valence-electron chi connectivity index (χ3n) is 4.75. The van der Waals surface area contributed by atoms with Gasteiger partial charge in [0.15, 0.2) is 0 Å². The van der Waals surface area contributed by atoms with Gasteiger partial charge in [-0.2, -0.15) is 4.31 Å². The van der Waals surface area contributed by atoms with Crippen molar-refractivity contribution in [3.63, 3.8) is 0 Å². The first kappa shape index (κ1) is 20.7. The summed E-state index contributed by atoms with van der Waals surface area (Å²) in [6, 6.07) is 11.6. The number of hydrogen-bond donors (Lipinski definition) is 1. The van der Waals surface area contributed by atoms with Gasteiger partial charge in [-0.05, 0) is 37.3 Å². The van der Waals surface area contributed by atoms with Crippen molar-refractivity contribution in [2.45, 2.75) is 17.9 Å². The fourth-order valence-corrected chi connectivity index (χ4v) is 5.02. The summed E-state index contributed by atoms with van der Waals surface area (Å²) in [5.74, 6) is -0.697. The molecule has 1 amide bonds. The minimum absolute atomic E-state index is 0.0852. The molecule has 6 nitrogen and oxygen atoms in total. The molecule has 0 bridgehead atoms. The van der Waals surface area contributed by atoms with Crippen LogP contribution in [0.1, 0.15) is 6.92 Å². The van der Waals surface area contributed by atoms with E-state index in [1.807, 2.05) is 4.90 Å². The van der Waals surface area contributed by atoms with Crippen LogP contribution in [0.3, 0.4) is 0 Å². The molecule has 0 spiro atoms. The fraction of sp³-hybridized carbons (Fsp3) is 0.316.